The fourth-order valence-corrected chi connectivity index (χ4v) is 3.31. The number of hydrogen-bond acceptors (Lipinski definition) is 5. The number of nitrogens with one attached hydrogen (secondary N) is 1. The molecule has 7 nitrogen and oxygen atoms in total. The molecular weight excluding hydrogens is 328 g/mol. The van der Waals surface area contributed by atoms with Crippen molar-refractivity contribution in [2.45, 2.75) is 52.6 Å². The van der Waals surface area contributed by atoms with Crippen molar-refractivity contribution in [1.82, 2.24) is 25.1 Å². The number of hydrogen-bond donors (Lipinski definition) is 1. The van der Waals surface area contributed by atoms with Gasteiger partial charge >= 0.3 is 6.03 Å². The molecule has 1 saturated heterocycles. The number of anilines is 1. The normalized spacial score (nSPS) is 15.6. The standard InChI is InChI=1S/C19H34N6O/c1-14(2)20-19(26)25(12-11-23(5)6)17-7-9-24(10-8-17)18-21-15(3)13-16(4)22-18/h13-14,17H,7-12H2,1-6H3,(H,20,26). The molecule has 1 N–H and O–H groups in total. The largest absolute Gasteiger partial charge is 0.341 e. The lowest BCUT2D eigenvalue weighted by Crippen LogP contribution is -2.53. The molecule has 1 aliphatic heterocycles. The molecule has 0 aliphatic carbocycles. The van der Waals surface area contributed by atoms with Gasteiger partial charge in [0.25, 0.3) is 0 Å². The molecule has 7 heteroatoms. The van der Waals surface area contributed by atoms with Crippen LogP contribution in [0.3, 0.4) is 0 Å². The Bertz CT molecular complexity index is 575. The third-order valence-corrected chi connectivity index (χ3v) is 4.62. The number of aryl methyl sites for hydroxylation is 2. The van der Waals surface area contributed by atoms with Crippen LogP contribution in [0.4, 0.5) is 10.7 Å². The molecule has 0 unspecified atom stereocenters. The van der Waals surface area contributed by atoms with E-state index in [1.54, 1.807) is 0 Å². The molecule has 1 aliphatic rings. The Kier molecular flexibility index (Phi) is 7.20. The van der Waals surface area contributed by atoms with Crippen molar-refractivity contribution in [3.8, 4) is 0 Å². The van der Waals surface area contributed by atoms with Gasteiger partial charge in [-0.05, 0) is 60.7 Å². The zero-order valence-corrected chi connectivity index (χ0v) is 17.1. The second-order valence-electron chi connectivity index (χ2n) is 7.77. The minimum Gasteiger partial charge on any atom is -0.341 e. The van der Waals surface area contributed by atoms with E-state index >= 15 is 0 Å². The fraction of sp³-hybridized carbons (Fsp3) is 0.737. The molecule has 0 atom stereocenters. The Morgan fingerprint density at radius 1 is 1.19 bits per heavy atom. The summed E-state index contributed by atoms with van der Waals surface area (Å²) in [5.74, 6) is 0.812. The Labute approximate surface area is 157 Å². The van der Waals surface area contributed by atoms with Crippen LogP contribution in [-0.4, -0.2) is 78.2 Å². The monoisotopic (exact) mass is 362 g/mol. The zero-order valence-electron chi connectivity index (χ0n) is 17.1. The minimum absolute atomic E-state index is 0.0444. The summed E-state index contributed by atoms with van der Waals surface area (Å²) in [5.41, 5.74) is 2.00. The van der Waals surface area contributed by atoms with E-state index in [1.807, 2.05) is 52.8 Å². The molecule has 0 aromatic carbocycles. The first kappa shape index (κ1) is 20.4. The van der Waals surface area contributed by atoms with Crippen molar-refractivity contribution >= 4 is 12.0 Å². The van der Waals surface area contributed by atoms with Gasteiger partial charge in [0, 0.05) is 49.7 Å². The lowest BCUT2D eigenvalue weighted by Gasteiger charge is -2.39. The topological polar surface area (TPSA) is 64.6 Å². The summed E-state index contributed by atoms with van der Waals surface area (Å²) >= 11 is 0. The van der Waals surface area contributed by atoms with Crippen molar-refractivity contribution in [3.05, 3.63) is 17.5 Å². The van der Waals surface area contributed by atoms with Crippen molar-refractivity contribution in [2.24, 2.45) is 0 Å². The molecule has 0 saturated carbocycles. The first-order valence-electron chi connectivity index (χ1n) is 9.55. The Morgan fingerprint density at radius 3 is 2.27 bits per heavy atom. The van der Waals surface area contributed by atoms with E-state index in [-0.39, 0.29) is 18.1 Å². The van der Waals surface area contributed by atoms with Gasteiger partial charge in [-0.1, -0.05) is 0 Å². The van der Waals surface area contributed by atoms with Gasteiger partial charge < -0.3 is 20.0 Å². The van der Waals surface area contributed by atoms with Crippen LogP contribution >= 0.6 is 0 Å². The van der Waals surface area contributed by atoms with Gasteiger partial charge in [0.1, 0.15) is 0 Å². The summed E-state index contributed by atoms with van der Waals surface area (Å²) in [6, 6.07) is 2.45. The van der Waals surface area contributed by atoms with Crippen LogP contribution in [0.15, 0.2) is 6.07 Å². The molecule has 0 spiro atoms. The van der Waals surface area contributed by atoms with Crippen molar-refractivity contribution < 1.29 is 4.79 Å². The second kappa shape index (κ2) is 9.16. The van der Waals surface area contributed by atoms with Gasteiger partial charge in [0.15, 0.2) is 0 Å². The summed E-state index contributed by atoms with van der Waals surface area (Å²) in [5, 5.41) is 3.05. The smallest absolute Gasteiger partial charge is 0.317 e. The highest BCUT2D eigenvalue weighted by molar-refractivity contribution is 5.74. The number of aromatic nitrogens is 2. The molecule has 1 aromatic rings. The Morgan fingerprint density at radius 2 is 1.77 bits per heavy atom. The maximum Gasteiger partial charge on any atom is 0.317 e. The quantitative estimate of drug-likeness (QED) is 0.839. The van der Waals surface area contributed by atoms with Gasteiger partial charge in [-0.15, -0.1) is 0 Å². The Balaban J connectivity index is 2.01. The van der Waals surface area contributed by atoms with Gasteiger partial charge in [-0.2, -0.15) is 0 Å². The number of nitrogens with zero attached hydrogens (tertiary/aromatic N) is 5. The van der Waals surface area contributed by atoms with E-state index in [9.17, 15) is 4.79 Å². The summed E-state index contributed by atoms with van der Waals surface area (Å²) in [6.45, 7) is 11.4. The van der Waals surface area contributed by atoms with Crippen LogP contribution < -0.4 is 10.2 Å². The van der Waals surface area contributed by atoms with Crippen molar-refractivity contribution in [2.75, 3.05) is 45.2 Å². The molecule has 2 heterocycles. The Hall–Kier alpha value is -1.89. The number of piperidine rings is 1. The maximum absolute atomic E-state index is 12.7. The number of amides is 2. The summed E-state index contributed by atoms with van der Waals surface area (Å²) < 4.78 is 0. The predicted molar refractivity (Wildman–Crippen MR) is 106 cm³/mol. The lowest BCUT2D eigenvalue weighted by atomic mass is 10.0. The van der Waals surface area contributed by atoms with Gasteiger partial charge in [0.2, 0.25) is 5.95 Å². The molecule has 1 fully saturated rings. The van der Waals surface area contributed by atoms with Crippen molar-refractivity contribution in [3.63, 3.8) is 0 Å². The molecule has 26 heavy (non-hydrogen) atoms. The SMILES string of the molecule is Cc1cc(C)nc(N2CCC(N(CCN(C)C)C(=O)NC(C)C)CC2)n1. The van der Waals surface area contributed by atoms with Crippen LogP contribution in [0.5, 0.6) is 0 Å². The van der Waals surface area contributed by atoms with Crippen LogP contribution in [0.2, 0.25) is 0 Å². The van der Waals surface area contributed by atoms with E-state index in [4.69, 9.17) is 0 Å². The third-order valence-electron chi connectivity index (χ3n) is 4.62. The molecular formula is C19H34N6O. The van der Waals surface area contributed by atoms with Gasteiger partial charge in [-0.3, -0.25) is 0 Å². The highest BCUT2D eigenvalue weighted by Gasteiger charge is 2.29. The number of carbonyl (C=O) groups is 1. The maximum atomic E-state index is 12.7. The van der Waals surface area contributed by atoms with Gasteiger partial charge in [-0.25, -0.2) is 14.8 Å². The predicted octanol–water partition coefficient (Wildman–Crippen LogP) is 2.04. The molecule has 2 amide bonds. The molecule has 0 bridgehead atoms. The van der Waals surface area contributed by atoms with Crippen LogP contribution in [-0.2, 0) is 0 Å². The summed E-state index contributed by atoms with van der Waals surface area (Å²) in [6.07, 6.45) is 1.88. The lowest BCUT2D eigenvalue weighted by molar-refractivity contribution is 0.153. The first-order chi connectivity index (χ1) is 12.3. The van der Waals surface area contributed by atoms with Crippen LogP contribution in [0, 0.1) is 13.8 Å². The number of rotatable bonds is 6. The molecule has 1 aromatic heterocycles. The highest BCUT2D eigenvalue weighted by atomic mass is 16.2. The first-order valence-corrected chi connectivity index (χ1v) is 9.55. The zero-order chi connectivity index (χ0) is 19.3. The van der Waals surface area contributed by atoms with Gasteiger partial charge in [0.05, 0.1) is 0 Å². The second-order valence-corrected chi connectivity index (χ2v) is 7.77. The highest BCUT2D eigenvalue weighted by Crippen LogP contribution is 2.21. The fourth-order valence-electron chi connectivity index (χ4n) is 3.31. The summed E-state index contributed by atoms with van der Waals surface area (Å²) in [7, 11) is 4.08. The summed E-state index contributed by atoms with van der Waals surface area (Å²) in [4.78, 5) is 28.2. The average molecular weight is 363 g/mol. The van der Waals surface area contributed by atoms with E-state index in [2.05, 4.69) is 25.1 Å². The average Bonchev–Trinajstić information content (AvgIpc) is 2.53. The van der Waals surface area contributed by atoms with E-state index in [0.29, 0.717) is 0 Å². The third kappa shape index (κ3) is 5.83. The van der Waals surface area contributed by atoms with Crippen molar-refractivity contribution in [1.29, 1.82) is 0 Å². The van der Waals surface area contributed by atoms with E-state index in [1.165, 1.54) is 0 Å². The van der Waals surface area contributed by atoms with E-state index < -0.39 is 0 Å². The number of carbonyl (C=O) groups excluding carboxylic acids is 1. The van der Waals surface area contributed by atoms with Crippen LogP contribution in [0.1, 0.15) is 38.1 Å². The number of urea groups is 1. The van der Waals surface area contributed by atoms with E-state index in [0.717, 1.165) is 56.4 Å². The van der Waals surface area contributed by atoms with Crippen LogP contribution in [0.25, 0.3) is 0 Å². The number of likely N-dealkylation sites (N-methyl/N-ethyl adjacent to an activating group) is 1. The molecule has 0 radical (unpaired) electrons. The molecule has 2 rings (SSSR count). The molecule has 146 valence electrons. The minimum atomic E-state index is 0.0444.